The van der Waals surface area contributed by atoms with Crippen molar-refractivity contribution < 1.29 is 9.53 Å². The Morgan fingerprint density at radius 3 is 2.89 bits per heavy atom. The average Bonchev–Trinajstić information content (AvgIpc) is 2.33. The van der Waals surface area contributed by atoms with Crippen LogP contribution < -0.4 is 0 Å². The third-order valence-electron chi connectivity index (χ3n) is 1.89. The molecular weight excluding hydrogens is 366 g/mol. The molecule has 0 aromatic heterocycles. The van der Waals surface area contributed by atoms with Crippen LogP contribution >= 0.6 is 31.9 Å². The SMILES string of the molecule is CCOC(=O)C(=Cc1cc(Br)ccc1Br)N=[N+]=[N-]. The molecule has 0 fully saturated rings. The molecule has 1 rings (SSSR count). The number of azide groups is 1. The van der Waals surface area contributed by atoms with Crippen molar-refractivity contribution in [3.05, 3.63) is 48.8 Å². The van der Waals surface area contributed by atoms with E-state index in [2.05, 4.69) is 41.9 Å². The number of hydrogen-bond acceptors (Lipinski definition) is 3. The topological polar surface area (TPSA) is 75.1 Å². The zero-order valence-corrected chi connectivity index (χ0v) is 12.6. The molecule has 5 nitrogen and oxygen atoms in total. The van der Waals surface area contributed by atoms with Gasteiger partial charge < -0.3 is 4.74 Å². The van der Waals surface area contributed by atoms with E-state index in [1.54, 1.807) is 13.0 Å². The van der Waals surface area contributed by atoms with Crippen molar-refractivity contribution in [1.29, 1.82) is 0 Å². The quantitative estimate of drug-likeness (QED) is 0.257. The molecule has 0 saturated heterocycles. The largest absolute Gasteiger partial charge is 0.462 e. The molecule has 0 saturated carbocycles. The Balaban J connectivity index is 3.19. The number of esters is 1. The first-order valence-corrected chi connectivity index (χ1v) is 6.56. The van der Waals surface area contributed by atoms with Gasteiger partial charge in [-0.25, -0.2) is 4.79 Å². The summed E-state index contributed by atoms with van der Waals surface area (Å²) in [5.41, 5.74) is 9.07. The number of carbonyl (C=O) groups excluding carboxylic acids is 1. The van der Waals surface area contributed by atoms with Gasteiger partial charge in [0, 0.05) is 13.9 Å². The van der Waals surface area contributed by atoms with Crippen LogP contribution in [-0.2, 0) is 9.53 Å². The number of carbonyl (C=O) groups is 1. The van der Waals surface area contributed by atoms with Gasteiger partial charge in [-0.05, 0) is 42.3 Å². The molecule has 0 aliphatic rings. The van der Waals surface area contributed by atoms with E-state index in [-0.39, 0.29) is 12.3 Å². The lowest BCUT2D eigenvalue weighted by atomic mass is 10.2. The van der Waals surface area contributed by atoms with Gasteiger partial charge in [-0.2, -0.15) is 0 Å². The van der Waals surface area contributed by atoms with Crippen LogP contribution in [0.4, 0.5) is 0 Å². The molecule has 0 aliphatic heterocycles. The van der Waals surface area contributed by atoms with Gasteiger partial charge in [0.05, 0.1) is 6.61 Å². The molecule has 94 valence electrons. The van der Waals surface area contributed by atoms with Crippen LogP contribution in [0.15, 0.2) is 38.0 Å². The molecule has 0 spiro atoms. The number of nitrogens with zero attached hydrogens (tertiary/aromatic N) is 3. The van der Waals surface area contributed by atoms with Crippen LogP contribution in [0, 0.1) is 0 Å². The summed E-state index contributed by atoms with van der Waals surface area (Å²) in [6.45, 7) is 1.90. The van der Waals surface area contributed by atoms with E-state index in [0.29, 0.717) is 5.56 Å². The lowest BCUT2D eigenvalue weighted by Crippen LogP contribution is -2.05. The Bertz CT molecular complexity index is 537. The second-order valence-electron chi connectivity index (χ2n) is 3.11. The number of ether oxygens (including phenoxy) is 1. The second kappa shape index (κ2) is 7.20. The molecule has 0 radical (unpaired) electrons. The molecule has 0 amide bonds. The zero-order chi connectivity index (χ0) is 13.5. The first-order chi connectivity index (χ1) is 8.58. The van der Waals surface area contributed by atoms with Gasteiger partial charge in [-0.15, -0.1) is 0 Å². The maximum absolute atomic E-state index is 11.6. The van der Waals surface area contributed by atoms with Crippen LogP contribution in [0.5, 0.6) is 0 Å². The fraction of sp³-hybridized carbons (Fsp3) is 0.182. The van der Waals surface area contributed by atoms with Crippen molar-refractivity contribution in [2.75, 3.05) is 6.61 Å². The number of hydrogen-bond donors (Lipinski definition) is 0. The molecule has 0 atom stereocenters. The van der Waals surface area contributed by atoms with Gasteiger partial charge in [-0.1, -0.05) is 37.0 Å². The van der Waals surface area contributed by atoms with Gasteiger partial charge in [0.15, 0.2) is 0 Å². The van der Waals surface area contributed by atoms with Crippen LogP contribution in [0.2, 0.25) is 0 Å². The first kappa shape index (κ1) is 14.8. The van der Waals surface area contributed by atoms with Crippen LogP contribution in [0.1, 0.15) is 12.5 Å². The van der Waals surface area contributed by atoms with Gasteiger partial charge in [0.1, 0.15) is 5.70 Å². The minimum atomic E-state index is -0.651. The summed E-state index contributed by atoms with van der Waals surface area (Å²) >= 11 is 6.67. The Hall–Kier alpha value is -1.30. The van der Waals surface area contributed by atoms with E-state index in [9.17, 15) is 4.79 Å². The van der Waals surface area contributed by atoms with Crippen molar-refractivity contribution in [2.24, 2.45) is 5.11 Å². The van der Waals surface area contributed by atoms with Gasteiger partial charge in [0.25, 0.3) is 0 Å². The molecular formula is C11H9Br2N3O2. The van der Waals surface area contributed by atoms with E-state index in [0.717, 1.165) is 8.95 Å². The summed E-state index contributed by atoms with van der Waals surface area (Å²) in [5.74, 6) is -0.651. The minimum absolute atomic E-state index is 0.0850. The normalized spacial score (nSPS) is 10.7. The second-order valence-corrected chi connectivity index (χ2v) is 4.88. The lowest BCUT2D eigenvalue weighted by Gasteiger charge is -2.03. The standard InChI is InChI=1S/C11H9Br2N3O2/c1-2-18-11(17)10(15-16-14)6-7-5-8(12)3-4-9(7)13/h3-6H,2H2,1H3. The third kappa shape index (κ3) is 4.18. The summed E-state index contributed by atoms with van der Waals surface area (Å²) in [5, 5.41) is 3.34. The molecule has 1 aromatic carbocycles. The molecule has 7 heteroatoms. The van der Waals surface area contributed by atoms with Crippen molar-refractivity contribution in [3.8, 4) is 0 Å². The Labute approximate surface area is 121 Å². The molecule has 0 aliphatic carbocycles. The van der Waals surface area contributed by atoms with Crippen molar-refractivity contribution in [3.63, 3.8) is 0 Å². The van der Waals surface area contributed by atoms with Gasteiger partial charge >= 0.3 is 5.97 Å². The number of benzene rings is 1. The maximum Gasteiger partial charge on any atom is 0.340 e. The van der Waals surface area contributed by atoms with E-state index in [1.807, 2.05) is 12.1 Å². The summed E-state index contributed by atoms with van der Waals surface area (Å²) in [6.07, 6.45) is 1.46. The zero-order valence-electron chi connectivity index (χ0n) is 9.43. The Morgan fingerprint density at radius 2 is 2.28 bits per heavy atom. The highest BCUT2D eigenvalue weighted by Crippen LogP contribution is 2.24. The van der Waals surface area contributed by atoms with E-state index in [1.165, 1.54) is 6.08 Å². The number of rotatable bonds is 4. The number of halogens is 2. The van der Waals surface area contributed by atoms with Crippen molar-refractivity contribution >= 4 is 43.9 Å². The van der Waals surface area contributed by atoms with Crippen LogP contribution in [0.25, 0.3) is 16.5 Å². The summed E-state index contributed by atoms with van der Waals surface area (Å²) in [7, 11) is 0. The van der Waals surface area contributed by atoms with E-state index < -0.39 is 5.97 Å². The third-order valence-corrected chi connectivity index (χ3v) is 3.10. The van der Waals surface area contributed by atoms with Gasteiger partial charge in [-0.3, -0.25) is 0 Å². The Morgan fingerprint density at radius 1 is 1.56 bits per heavy atom. The summed E-state index contributed by atoms with van der Waals surface area (Å²) in [6, 6.07) is 5.45. The molecule has 0 unspecified atom stereocenters. The summed E-state index contributed by atoms with van der Waals surface area (Å²) < 4.78 is 6.43. The highest BCUT2D eigenvalue weighted by molar-refractivity contribution is 9.11. The van der Waals surface area contributed by atoms with Crippen molar-refractivity contribution in [1.82, 2.24) is 0 Å². The van der Waals surface area contributed by atoms with E-state index >= 15 is 0 Å². The molecule has 18 heavy (non-hydrogen) atoms. The smallest absolute Gasteiger partial charge is 0.340 e. The fourth-order valence-electron chi connectivity index (χ4n) is 1.15. The average molecular weight is 375 g/mol. The van der Waals surface area contributed by atoms with Crippen molar-refractivity contribution in [2.45, 2.75) is 6.92 Å². The predicted octanol–water partition coefficient (Wildman–Crippen LogP) is 4.43. The van der Waals surface area contributed by atoms with Crippen LogP contribution in [-0.4, -0.2) is 12.6 Å². The molecule has 0 bridgehead atoms. The van der Waals surface area contributed by atoms with E-state index in [4.69, 9.17) is 10.3 Å². The fourth-order valence-corrected chi connectivity index (χ4v) is 1.89. The minimum Gasteiger partial charge on any atom is -0.462 e. The van der Waals surface area contributed by atoms with Gasteiger partial charge in [0.2, 0.25) is 0 Å². The van der Waals surface area contributed by atoms with Crippen LogP contribution in [0.3, 0.4) is 0 Å². The Kier molecular flexibility index (Phi) is 5.91. The lowest BCUT2D eigenvalue weighted by molar-refractivity contribution is -0.138. The molecule has 0 heterocycles. The monoisotopic (exact) mass is 373 g/mol. The highest BCUT2D eigenvalue weighted by atomic mass is 79.9. The molecule has 1 aromatic rings. The maximum atomic E-state index is 11.6. The predicted molar refractivity (Wildman–Crippen MR) is 75.6 cm³/mol. The molecule has 0 N–H and O–H groups in total. The summed E-state index contributed by atoms with van der Waals surface area (Å²) in [4.78, 5) is 14.2. The first-order valence-electron chi connectivity index (χ1n) is 4.97. The highest BCUT2D eigenvalue weighted by Gasteiger charge is 2.09.